The zero-order chi connectivity index (χ0) is 11.7. The normalized spacial score (nSPS) is 42.8. The molecule has 0 amide bonds. The third kappa shape index (κ3) is 2.04. The van der Waals surface area contributed by atoms with Crippen molar-refractivity contribution in [3.8, 4) is 0 Å². The Balaban J connectivity index is 2.08. The van der Waals surface area contributed by atoms with E-state index in [1.807, 2.05) is 6.92 Å². The molecule has 0 aromatic carbocycles. The zero-order valence-corrected chi connectivity index (χ0v) is 9.65. The number of nitrogens with one attached hydrogen (secondary N) is 1. The third-order valence-electron chi connectivity index (χ3n) is 2.62. The summed E-state index contributed by atoms with van der Waals surface area (Å²) in [6, 6.07) is -0.683. The molecule has 7 heteroatoms. The van der Waals surface area contributed by atoms with Gasteiger partial charge < -0.3 is 20.3 Å². The lowest BCUT2D eigenvalue weighted by Gasteiger charge is -2.36. The lowest BCUT2D eigenvalue weighted by molar-refractivity contribution is -0.144. The number of ether oxygens (including phenoxy) is 1. The van der Waals surface area contributed by atoms with Crippen LogP contribution in [0.2, 0.25) is 0 Å². The first-order valence-corrected chi connectivity index (χ1v) is 6.12. The predicted molar refractivity (Wildman–Crippen MR) is 59.1 cm³/mol. The highest BCUT2D eigenvalue weighted by atomic mass is 32.2. The Morgan fingerprint density at radius 1 is 1.62 bits per heavy atom. The lowest BCUT2D eigenvalue weighted by Crippen LogP contribution is -2.53. The summed E-state index contributed by atoms with van der Waals surface area (Å²) < 4.78 is 19.2. The summed E-state index contributed by atoms with van der Waals surface area (Å²) in [5.41, 5.74) is -0.454. The van der Waals surface area contributed by atoms with Gasteiger partial charge in [0, 0.05) is 6.54 Å². The van der Waals surface area contributed by atoms with Crippen LogP contribution >= 0.6 is 11.8 Å². The minimum Gasteiger partial charge on any atom is -0.394 e. The number of aliphatic hydroxyl groups excluding tert-OH is 2. The average molecular weight is 250 g/mol. The van der Waals surface area contributed by atoms with Crippen LogP contribution in [0.4, 0.5) is 4.39 Å². The zero-order valence-electron chi connectivity index (χ0n) is 8.84. The number of hydrogen-bond acceptors (Lipinski definition) is 6. The predicted octanol–water partition coefficient (Wildman–Crippen LogP) is -0.517. The van der Waals surface area contributed by atoms with Crippen LogP contribution in [0.15, 0.2) is 4.99 Å². The first-order valence-electron chi connectivity index (χ1n) is 5.24. The second kappa shape index (κ2) is 4.87. The summed E-state index contributed by atoms with van der Waals surface area (Å²) in [7, 11) is 0. The molecule has 0 aromatic heterocycles. The topological polar surface area (TPSA) is 74.1 Å². The SMILES string of the molecule is CCNC1=N[C@@H]2[C@H](F)[C@H](O)[C@@H](CO)O[C@@H]2S1. The van der Waals surface area contributed by atoms with Gasteiger partial charge in [-0.3, -0.25) is 4.99 Å². The van der Waals surface area contributed by atoms with Gasteiger partial charge in [0.2, 0.25) is 0 Å². The van der Waals surface area contributed by atoms with Gasteiger partial charge >= 0.3 is 0 Å². The Morgan fingerprint density at radius 3 is 3.00 bits per heavy atom. The molecule has 92 valence electrons. The molecule has 1 fully saturated rings. The van der Waals surface area contributed by atoms with E-state index in [1.165, 1.54) is 11.8 Å². The Hall–Kier alpha value is -0.370. The van der Waals surface area contributed by atoms with Crippen molar-refractivity contribution in [2.75, 3.05) is 13.2 Å². The van der Waals surface area contributed by atoms with E-state index in [-0.39, 0.29) is 6.61 Å². The van der Waals surface area contributed by atoms with Gasteiger partial charge in [-0.25, -0.2) is 4.39 Å². The maximum atomic E-state index is 13.8. The highest BCUT2D eigenvalue weighted by molar-refractivity contribution is 8.14. The van der Waals surface area contributed by atoms with Gasteiger partial charge in [-0.05, 0) is 6.92 Å². The molecule has 0 aliphatic carbocycles. The molecule has 16 heavy (non-hydrogen) atoms. The summed E-state index contributed by atoms with van der Waals surface area (Å²) in [6.45, 7) is 2.24. The Kier molecular flexibility index (Phi) is 3.68. The van der Waals surface area contributed by atoms with Crippen molar-refractivity contribution in [3.63, 3.8) is 0 Å². The number of nitrogens with zero attached hydrogens (tertiary/aromatic N) is 1. The van der Waals surface area contributed by atoms with Gasteiger partial charge in [0.05, 0.1) is 6.61 Å². The van der Waals surface area contributed by atoms with Crippen LogP contribution in [-0.2, 0) is 4.74 Å². The van der Waals surface area contributed by atoms with E-state index < -0.39 is 29.9 Å². The van der Waals surface area contributed by atoms with Crippen molar-refractivity contribution in [1.29, 1.82) is 0 Å². The van der Waals surface area contributed by atoms with Gasteiger partial charge in [-0.15, -0.1) is 0 Å². The monoisotopic (exact) mass is 250 g/mol. The van der Waals surface area contributed by atoms with E-state index in [4.69, 9.17) is 9.84 Å². The van der Waals surface area contributed by atoms with Crippen molar-refractivity contribution in [3.05, 3.63) is 0 Å². The molecule has 2 aliphatic heterocycles. The Labute approximate surface area is 97.1 Å². The van der Waals surface area contributed by atoms with Crippen LogP contribution in [0.3, 0.4) is 0 Å². The van der Waals surface area contributed by atoms with Crippen LogP contribution in [0, 0.1) is 0 Å². The van der Waals surface area contributed by atoms with Gasteiger partial charge in [0.1, 0.15) is 23.7 Å². The van der Waals surface area contributed by atoms with Crippen LogP contribution in [0.1, 0.15) is 6.92 Å². The molecule has 0 bridgehead atoms. The van der Waals surface area contributed by atoms with E-state index in [0.29, 0.717) is 11.7 Å². The number of amidine groups is 1. The maximum Gasteiger partial charge on any atom is 0.159 e. The van der Waals surface area contributed by atoms with E-state index in [1.54, 1.807) is 0 Å². The minimum absolute atomic E-state index is 0.387. The van der Waals surface area contributed by atoms with E-state index in [9.17, 15) is 9.50 Å². The second-order valence-corrected chi connectivity index (χ2v) is 4.82. The first-order chi connectivity index (χ1) is 7.67. The number of fused-ring (bicyclic) bond motifs is 1. The van der Waals surface area contributed by atoms with Crippen molar-refractivity contribution < 1.29 is 19.3 Å². The molecular formula is C9H15FN2O3S. The lowest BCUT2D eigenvalue weighted by atomic mass is 10.0. The molecule has 5 nitrogen and oxygen atoms in total. The van der Waals surface area contributed by atoms with Crippen LogP contribution in [0.5, 0.6) is 0 Å². The number of aliphatic imine (C=N–C) groups is 1. The molecule has 2 aliphatic rings. The number of aliphatic hydroxyl groups is 2. The van der Waals surface area contributed by atoms with Gasteiger partial charge in [0.25, 0.3) is 0 Å². The van der Waals surface area contributed by atoms with Gasteiger partial charge in [0.15, 0.2) is 11.3 Å². The molecule has 0 saturated carbocycles. The number of alkyl halides is 1. The summed E-state index contributed by atoms with van der Waals surface area (Å²) in [5.74, 6) is 0. The van der Waals surface area contributed by atoms with Crippen molar-refractivity contribution in [2.24, 2.45) is 4.99 Å². The summed E-state index contributed by atoms with van der Waals surface area (Å²) in [5, 5.41) is 22.1. The molecule has 0 spiro atoms. The molecule has 5 atom stereocenters. The average Bonchev–Trinajstić information content (AvgIpc) is 2.67. The fourth-order valence-corrected chi connectivity index (χ4v) is 2.96. The van der Waals surface area contributed by atoms with Crippen molar-refractivity contribution in [1.82, 2.24) is 5.32 Å². The number of thioether (sulfide) groups is 1. The van der Waals surface area contributed by atoms with Gasteiger partial charge in [-0.1, -0.05) is 11.8 Å². The molecule has 0 radical (unpaired) electrons. The fourth-order valence-electron chi connectivity index (χ4n) is 1.79. The molecule has 0 unspecified atom stereocenters. The van der Waals surface area contributed by atoms with Crippen LogP contribution < -0.4 is 5.32 Å². The summed E-state index contributed by atoms with van der Waals surface area (Å²) >= 11 is 1.30. The first kappa shape index (κ1) is 12.1. The molecule has 2 heterocycles. The molecule has 1 saturated heterocycles. The molecule has 2 rings (SSSR count). The van der Waals surface area contributed by atoms with Crippen LogP contribution in [-0.4, -0.2) is 58.4 Å². The highest BCUT2D eigenvalue weighted by Gasteiger charge is 2.49. The maximum absolute atomic E-state index is 13.8. The van der Waals surface area contributed by atoms with Crippen molar-refractivity contribution in [2.45, 2.75) is 36.8 Å². The van der Waals surface area contributed by atoms with E-state index in [0.717, 1.165) is 0 Å². The molecule has 0 aromatic rings. The van der Waals surface area contributed by atoms with Crippen molar-refractivity contribution >= 4 is 16.9 Å². The highest BCUT2D eigenvalue weighted by Crippen LogP contribution is 2.36. The second-order valence-electron chi connectivity index (χ2n) is 3.73. The van der Waals surface area contributed by atoms with Crippen LogP contribution in [0.25, 0.3) is 0 Å². The Bertz CT molecular complexity index is 292. The number of rotatable bonds is 2. The summed E-state index contributed by atoms with van der Waals surface area (Å²) in [6.07, 6.45) is -3.66. The van der Waals surface area contributed by atoms with Gasteiger partial charge in [-0.2, -0.15) is 0 Å². The number of halogens is 1. The standard InChI is InChI=1S/C9H15FN2O3S/c1-2-11-9-12-6-5(10)7(14)4(3-13)15-8(6)16-9/h4-8,13-14H,2-3H2,1H3,(H,11,12)/t4-,5+,6-,7-,8-/m1/s1. The smallest absolute Gasteiger partial charge is 0.159 e. The molecule has 3 N–H and O–H groups in total. The fraction of sp³-hybridized carbons (Fsp3) is 0.889. The largest absolute Gasteiger partial charge is 0.394 e. The van der Waals surface area contributed by atoms with E-state index >= 15 is 0 Å². The molecular weight excluding hydrogens is 235 g/mol. The minimum atomic E-state index is -1.49. The summed E-state index contributed by atoms with van der Waals surface area (Å²) in [4.78, 5) is 4.13. The van der Waals surface area contributed by atoms with E-state index in [2.05, 4.69) is 10.3 Å². The number of hydrogen-bond donors (Lipinski definition) is 3. The third-order valence-corrected chi connectivity index (χ3v) is 3.72. The Morgan fingerprint density at radius 2 is 2.38 bits per heavy atom. The quantitative estimate of drug-likeness (QED) is 0.615.